The maximum Gasteiger partial charge on any atom is 0.324 e. The Bertz CT molecular complexity index is 577. The summed E-state index contributed by atoms with van der Waals surface area (Å²) in [5.74, 6) is 0.484. The molecule has 2 heterocycles. The van der Waals surface area contributed by atoms with E-state index in [1.807, 2.05) is 27.7 Å². The Morgan fingerprint density at radius 3 is 2.63 bits per heavy atom. The molecule has 7 heteroatoms. The van der Waals surface area contributed by atoms with Crippen molar-refractivity contribution in [3.05, 3.63) is 24.2 Å². The largest absolute Gasteiger partial charge is 0.324 e. The highest BCUT2D eigenvalue weighted by atomic mass is 16.2. The molecule has 0 radical (unpaired) electrons. The molecule has 2 rings (SSSR count). The Morgan fingerprint density at radius 1 is 1.37 bits per heavy atom. The van der Waals surface area contributed by atoms with Gasteiger partial charge in [0.15, 0.2) is 5.82 Å². The van der Waals surface area contributed by atoms with Crippen LogP contribution in [0.2, 0.25) is 0 Å². The summed E-state index contributed by atoms with van der Waals surface area (Å²) < 4.78 is 1.79. The van der Waals surface area contributed by atoms with Crippen LogP contribution in [0.4, 0.5) is 16.3 Å². The zero-order chi connectivity index (χ0) is 14.0. The van der Waals surface area contributed by atoms with Crippen molar-refractivity contribution in [2.24, 2.45) is 0 Å². The Hall–Kier alpha value is -2.31. The molecule has 0 spiro atoms. The summed E-state index contributed by atoms with van der Waals surface area (Å²) in [6.07, 6.45) is 3.40. The van der Waals surface area contributed by atoms with E-state index in [4.69, 9.17) is 0 Å². The summed E-state index contributed by atoms with van der Waals surface area (Å²) in [5, 5.41) is 16.2. The molecular weight excluding hydrogens is 244 g/mol. The Kier molecular flexibility index (Phi) is 3.28. The fraction of sp³-hybridized carbons (Fsp3) is 0.417. The van der Waals surface area contributed by atoms with Gasteiger partial charge in [-0.25, -0.2) is 4.79 Å². The lowest BCUT2D eigenvalue weighted by atomic mass is 10.1. The topological polar surface area (TPSA) is 87.6 Å². The van der Waals surface area contributed by atoms with Crippen LogP contribution < -0.4 is 10.6 Å². The van der Waals surface area contributed by atoms with E-state index in [2.05, 4.69) is 25.9 Å². The average Bonchev–Trinajstić information content (AvgIpc) is 2.87. The van der Waals surface area contributed by atoms with Crippen molar-refractivity contribution >= 4 is 17.5 Å². The molecule has 0 unspecified atom stereocenters. The molecule has 2 aromatic heterocycles. The fourth-order valence-electron chi connectivity index (χ4n) is 1.51. The van der Waals surface area contributed by atoms with Gasteiger partial charge < -0.3 is 5.32 Å². The third-order valence-electron chi connectivity index (χ3n) is 2.48. The molecule has 7 nitrogen and oxygen atoms in total. The molecule has 0 aromatic carbocycles. The number of carbonyl (C=O) groups excluding carboxylic acids is 1. The van der Waals surface area contributed by atoms with Crippen molar-refractivity contribution in [3.63, 3.8) is 0 Å². The minimum atomic E-state index is -0.347. The number of amides is 2. The number of rotatable bonds is 2. The second-order valence-electron chi connectivity index (χ2n) is 5.36. The molecule has 2 amide bonds. The first-order valence-electron chi connectivity index (χ1n) is 6.00. The number of urea groups is 1. The SMILES string of the molecule is Cc1cc(NC(=O)Nc2cnn(C(C)(C)C)c2)n[nH]1. The molecule has 102 valence electrons. The average molecular weight is 262 g/mol. The maximum atomic E-state index is 11.7. The molecular formula is C12H18N6O. The Balaban J connectivity index is 1.97. The minimum Gasteiger partial charge on any atom is -0.305 e. The van der Waals surface area contributed by atoms with E-state index in [1.165, 1.54) is 0 Å². The molecule has 2 aromatic rings. The van der Waals surface area contributed by atoms with Crippen LogP contribution in [-0.2, 0) is 5.54 Å². The van der Waals surface area contributed by atoms with Gasteiger partial charge in [0.2, 0.25) is 0 Å². The van der Waals surface area contributed by atoms with Crippen LogP contribution in [0.1, 0.15) is 26.5 Å². The van der Waals surface area contributed by atoms with Crippen molar-refractivity contribution in [1.29, 1.82) is 0 Å². The highest BCUT2D eigenvalue weighted by Crippen LogP contribution is 2.16. The number of aromatic amines is 1. The summed E-state index contributed by atoms with van der Waals surface area (Å²) in [4.78, 5) is 11.7. The predicted octanol–water partition coefficient (Wildman–Crippen LogP) is 2.31. The Labute approximate surface area is 111 Å². The zero-order valence-corrected chi connectivity index (χ0v) is 11.5. The van der Waals surface area contributed by atoms with Crippen molar-refractivity contribution in [3.8, 4) is 0 Å². The molecule has 0 saturated heterocycles. The van der Waals surface area contributed by atoms with Crippen LogP contribution >= 0.6 is 0 Å². The van der Waals surface area contributed by atoms with Gasteiger partial charge in [-0.05, 0) is 27.7 Å². The predicted molar refractivity (Wildman–Crippen MR) is 73.2 cm³/mol. The molecule has 19 heavy (non-hydrogen) atoms. The first-order chi connectivity index (χ1) is 8.84. The van der Waals surface area contributed by atoms with Gasteiger partial charge in [0, 0.05) is 18.0 Å². The van der Waals surface area contributed by atoms with E-state index in [0.717, 1.165) is 5.69 Å². The minimum absolute atomic E-state index is 0.115. The number of nitrogens with zero attached hydrogens (tertiary/aromatic N) is 3. The zero-order valence-electron chi connectivity index (χ0n) is 11.5. The van der Waals surface area contributed by atoms with Crippen molar-refractivity contribution in [2.45, 2.75) is 33.2 Å². The summed E-state index contributed by atoms with van der Waals surface area (Å²) >= 11 is 0. The van der Waals surface area contributed by atoms with Gasteiger partial charge in [0.25, 0.3) is 0 Å². The third-order valence-corrected chi connectivity index (χ3v) is 2.48. The van der Waals surface area contributed by atoms with Gasteiger partial charge in [0.1, 0.15) is 0 Å². The van der Waals surface area contributed by atoms with Crippen LogP contribution in [0.25, 0.3) is 0 Å². The first-order valence-corrected chi connectivity index (χ1v) is 6.00. The molecule has 0 atom stereocenters. The summed E-state index contributed by atoms with van der Waals surface area (Å²) in [6, 6.07) is 1.40. The molecule has 0 aliphatic carbocycles. The lowest BCUT2D eigenvalue weighted by Crippen LogP contribution is -2.22. The standard InChI is InChI=1S/C12H18N6O/c1-8-5-10(17-16-8)15-11(19)14-9-6-13-18(7-9)12(2,3)4/h5-7H,1-4H3,(H3,14,15,16,17,19). The van der Waals surface area contributed by atoms with Gasteiger partial charge in [-0.3, -0.25) is 15.1 Å². The van der Waals surface area contributed by atoms with Crippen molar-refractivity contribution < 1.29 is 4.79 Å². The number of hydrogen-bond acceptors (Lipinski definition) is 3. The number of aryl methyl sites for hydroxylation is 1. The third kappa shape index (κ3) is 3.34. The van der Waals surface area contributed by atoms with E-state index in [-0.39, 0.29) is 11.6 Å². The van der Waals surface area contributed by atoms with Crippen LogP contribution in [0.5, 0.6) is 0 Å². The molecule has 0 saturated carbocycles. The molecule has 0 aliphatic rings. The van der Waals surface area contributed by atoms with Gasteiger partial charge in [-0.2, -0.15) is 10.2 Å². The summed E-state index contributed by atoms with van der Waals surface area (Å²) in [5.41, 5.74) is 1.41. The van der Waals surface area contributed by atoms with Crippen molar-refractivity contribution in [2.75, 3.05) is 10.6 Å². The summed E-state index contributed by atoms with van der Waals surface area (Å²) in [7, 11) is 0. The van der Waals surface area contributed by atoms with E-state index in [0.29, 0.717) is 11.5 Å². The molecule has 0 fully saturated rings. The van der Waals surface area contributed by atoms with Gasteiger partial charge in [-0.15, -0.1) is 0 Å². The maximum absolute atomic E-state index is 11.7. The van der Waals surface area contributed by atoms with Gasteiger partial charge in [0.05, 0.1) is 17.4 Å². The highest BCUT2D eigenvalue weighted by Gasteiger charge is 2.14. The van der Waals surface area contributed by atoms with E-state index in [1.54, 1.807) is 23.1 Å². The lowest BCUT2D eigenvalue weighted by Gasteiger charge is -2.18. The van der Waals surface area contributed by atoms with E-state index >= 15 is 0 Å². The number of nitrogens with one attached hydrogen (secondary N) is 3. The second kappa shape index (κ2) is 4.75. The van der Waals surface area contributed by atoms with E-state index in [9.17, 15) is 4.79 Å². The smallest absolute Gasteiger partial charge is 0.305 e. The Morgan fingerprint density at radius 2 is 2.11 bits per heavy atom. The molecule has 0 aliphatic heterocycles. The quantitative estimate of drug-likeness (QED) is 0.776. The van der Waals surface area contributed by atoms with Gasteiger partial charge >= 0.3 is 6.03 Å². The second-order valence-corrected chi connectivity index (χ2v) is 5.36. The van der Waals surface area contributed by atoms with Crippen LogP contribution in [-0.4, -0.2) is 26.0 Å². The lowest BCUT2D eigenvalue weighted by molar-refractivity contribution is 0.262. The number of H-pyrrole nitrogens is 1. The number of hydrogen-bond donors (Lipinski definition) is 3. The molecule has 0 bridgehead atoms. The van der Waals surface area contributed by atoms with Crippen LogP contribution in [0, 0.1) is 6.92 Å². The van der Waals surface area contributed by atoms with Gasteiger partial charge in [-0.1, -0.05) is 0 Å². The van der Waals surface area contributed by atoms with Crippen LogP contribution in [0.3, 0.4) is 0 Å². The highest BCUT2D eigenvalue weighted by molar-refractivity contribution is 5.98. The van der Waals surface area contributed by atoms with Crippen molar-refractivity contribution in [1.82, 2.24) is 20.0 Å². The van der Waals surface area contributed by atoms with Crippen LogP contribution in [0.15, 0.2) is 18.5 Å². The summed E-state index contributed by atoms with van der Waals surface area (Å²) in [6.45, 7) is 7.98. The fourth-order valence-corrected chi connectivity index (χ4v) is 1.51. The number of aromatic nitrogens is 4. The number of carbonyl (C=O) groups is 1. The molecule has 3 N–H and O–H groups in total. The normalized spacial score (nSPS) is 11.4. The number of anilines is 2. The monoisotopic (exact) mass is 262 g/mol. The first kappa shape index (κ1) is 13.1. The van der Waals surface area contributed by atoms with E-state index < -0.39 is 0 Å².